The molecule has 4 heterocycles. The van der Waals surface area contributed by atoms with Gasteiger partial charge in [0.15, 0.2) is 23.0 Å². The number of amides is 1. The Morgan fingerprint density at radius 3 is 2.47 bits per heavy atom. The molecule has 222 valence electrons. The molecule has 1 N–H and O–H groups in total. The molecular weight excluding hydrogens is 576 g/mol. The van der Waals surface area contributed by atoms with E-state index in [0.29, 0.717) is 34.4 Å². The monoisotopic (exact) mass is 604 g/mol. The largest absolute Gasteiger partial charge is 0.493 e. The minimum atomic E-state index is -0.599. The topological polar surface area (TPSA) is 132 Å². The van der Waals surface area contributed by atoms with E-state index in [-0.39, 0.29) is 37.7 Å². The summed E-state index contributed by atoms with van der Waals surface area (Å²) in [6.45, 7) is 0.185. The van der Waals surface area contributed by atoms with Crippen molar-refractivity contribution >= 4 is 23.2 Å². The van der Waals surface area contributed by atoms with Gasteiger partial charge in [0.05, 0.1) is 51.0 Å². The molecule has 1 fully saturated rings. The molecule has 7 rings (SSSR count). The van der Waals surface area contributed by atoms with E-state index in [1.54, 1.807) is 31.8 Å². The summed E-state index contributed by atoms with van der Waals surface area (Å²) < 4.78 is 35.4. The number of ether oxygens (including phenoxy) is 6. The molecule has 2 aromatic carbocycles. The summed E-state index contributed by atoms with van der Waals surface area (Å²) in [5, 5.41) is 13.5. The number of benzene rings is 2. The van der Waals surface area contributed by atoms with Crippen LogP contribution in [-0.4, -0.2) is 61.6 Å². The van der Waals surface area contributed by atoms with Crippen LogP contribution in [0.15, 0.2) is 48.0 Å². The SMILES string of the molecule is COc1cc([C@@H]2c3cc4c(cc3[C@@H](NC(=O)Cn3cc(-c5cccs5)nn3)[C@H]3COC(=O)[C@H]23)OCO4)cc(OC)c1OC. The van der Waals surface area contributed by atoms with Gasteiger partial charge in [0.1, 0.15) is 12.2 Å². The summed E-state index contributed by atoms with van der Waals surface area (Å²) in [6.07, 6.45) is 1.74. The van der Waals surface area contributed by atoms with E-state index >= 15 is 0 Å². The fourth-order valence-electron chi connectivity index (χ4n) is 6.31. The van der Waals surface area contributed by atoms with Gasteiger partial charge in [-0.05, 0) is 52.4 Å². The zero-order valence-electron chi connectivity index (χ0n) is 23.6. The first-order valence-electron chi connectivity index (χ1n) is 13.6. The molecule has 3 aliphatic rings. The Labute approximate surface area is 250 Å². The van der Waals surface area contributed by atoms with Gasteiger partial charge in [-0.1, -0.05) is 11.3 Å². The highest BCUT2D eigenvalue weighted by atomic mass is 32.1. The highest BCUT2D eigenvalue weighted by Gasteiger charge is 2.53. The number of carbonyl (C=O) groups is 2. The van der Waals surface area contributed by atoms with Gasteiger partial charge in [-0.25, -0.2) is 4.68 Å². The highest BCUT2D eigenvalue weighted by Crippen LogP contribution is 2.55. The quantitative estimate of drug-likeness (QED) is 0.298. The molecule has 0 radical (unpaired) electrons. The van der Waals surface area contributed by atoms with Crippen LogP contribution < -0.4 is 29.0 Å². The fraction of sp³-hybridized carbons (Fsp3) is 0.333. The van der Waals surface area contributed by atoms with Gasteiger partial charge in [0, 0.05) is 11.8 Å². The lowest BCUT2D eigenvalue weighted by molar-refractivity contribution is -0.141. The summed E-state index contributed by atoms with van der Waals surface area (Å²) >= 11 is 1.55. The fourth-order valence-corrected chi connectivity index (χ4v) is 6.98. The predicted octanol–water partition coefficient (Wildman–Crippen LogP) is 3.55. The molecule has 0 saturated carbocycles. The number of thiophene rings is 1. The number of nitrogens with zero attached hydrogens (tertiary/aromatic N) is 3. The average Bonchev–Trinajstić information content (AvgIpc) is 3.84. The van der Waals surface area contributed by atoms with Crippen molar-refractivity contribution in [2.24, 2.45) is 11.8 Å². The van der Waals surface area contributed by atoms with Gasteiger partial charge in [0.2, 0.25) is 18.4 Å². The van der Waals surface area contributed by atoms with Crippen molar-refractivity contribution in [3.63, 3.8) is 0 Å². The third kappa shape index (κ3) is 4.60. The van der Waals surface area contributed by atoms with Crippen molar-refractivity contribution in [2.45, 2.75) is 18.5 Å². The summed E-state index contributed by atoms with van der Waals surface area (Å²) in [5.74, 6) is 0.486. The van der Waals surface area contributed by atoms with Crippen LogP contribution in [0.5, 0.6) is 28.7 Å². The van der Waals surface area contributed by atoms with Crippen LogP contribution in [-0.2, 0) is 20.9 Å². The number of aromatic nitrogens is 3. The van der Waals surface area contributed by atoms with Crippen molar-refractivity contribution in [1.82, 2.24) is 20.3 Å². The van der Waals surface area contributed by atoms with Crippen molar-refractivity contribution in [3.05, 3.63) is 64.7 Å². The van der Waals surface area contributed by atoms with E-state index in [9.17, 15) is 9.59 Å². The lowest BCUT2D eigenvalue weighted by Gasteiger charge is -2.39. The normalized spacial score (nSPS) is 21.5. The molecule has 1 saturated heterocycles. The van der Waals surface area contributed by atoms with E-state index in [1.807, 2.05) is 41.8 Å². The molecule has 13 heteroatoms. The third-order valence-corrected chi connectivity index (χ3v) is 9.06. The molecule has 4 aromatic rings. The Morgan fingerprint density at radius 1 is 1.05 bits per heavy atom. The van der Waals surface area contributed by atoms with Gasteiger partial charge in [-0.15, -0.1) is 16.4 Å². The smallest absolute Gasteiger partial charge is 0.310 e. The number of methoxy groups -OCH3 is 3. The maximum Gasteiger partial charge on any atom is 0.310 e. The van der Waals surface area contributed by atoms with E-state index in [0.717, 1.165) is 21.6 Å². The van der Waals surface area contributed by atoms with Crippen LogP contribution in [0.4, 0.5) is 0 Å². The minimum Gasteiger partial charge on any atom is -0.493 e. The van der Waals surface area contributed by atoms with Crippen molar-refractivity contribution in [2.75, 3.05) is 34.7 Å². The van der Waals surface area contributed by atoms with E-state index in [4.69, 9.17) is 28.4 Å². The van der Waals surface area contributed by atoms with Crippen LogP contribution in [0.3, 0.4) is 0 Å². The molecule has 43 heavy (non-hydrogen) atoms. The maximum atomic E-state index is 13.5. The first-order chi connectivity index (χ1) is 21.0. The van der Waals surface area contributed by atoms with Crippen molar-refractivity contribution in [3.8, 4) is 39.3 Å². The Kier molecular flexibility index (Phi) is 6.80. The maximum absolute atomic E-state index is 13.5. The molecule has 4 atom stereocenters. The molecule has 2 aromatic heterocycles. The molecule has 12 nitrogen and oxygen atoms in total. The molecule has 1 aliphatic carbocycles. The van der Waals surface area contributed by atoms with E-state index in [1.165, 1.54) is 11.8 Å². The summed E-state index contributed by atoms with van der Waals surface area (Å²) in [5.41, 5.74) is 3.09. The second-order valence-corrected chi connectivity index (χ2v) is 11.4. The van der Waals surface area contributed by atoms with Crippen LogP contribution in [0, 0.1) is 11.8 Å². The van der Waals surface area contributed by atoms with Crippen molar-refractivity contribution < 1.29 is 38.0 Å². The molecule has 1 amide bonds. The van der Waals surface area contributed by atoms with Gasteiger partial charge in [0.25, 0.3) is 0 Å². The second kappa shape index (κ2) is 10.8. The summed E-state index contributed by atoms with van der Waals surface area (Å²) in [4.78, 5) is 27.8. The van der Waals surface area contributed by atoms with Crippen LogP contribution in [0.25, 0.3) is 10.6 Å². The first kappa shape index (κ1) is 27.1. The second-order valence-electron chi connectivity index (χ2n) is 10.4. The van der Waals surface area contributed by atoms with Gasteiger partial charge < -0.3 is 33.7 Å². The van der Waals surface area contributed by atoms with Gasteiger partial charge >= 0.3 is 5.97 Å². The third-order valence-electron chi connectivity index (χ3n) is 8.17. The Hall–Kier alpha value is -4.78. The van der Waals surface area contributed by atoms with Gasteiger partial charge in [-0.3, -0.25) is 9.59 Å². The molecule has 0 spiro atoms. The van der Waals surface area contributed by atoms with Crippen molar-refractivity contribution in [1.29, 1.82) is 0 Å². The minimum absolute atomic E-state index is 0.0444. The lowest BCUT2D eigenvalue weighted by Crippen LogP contribution is -2.43. The number of nitrogens with one attached hydrogen (secondary N) is 1. The van der Waals surface area contributed by atoms with Crippen LogP contribution in [0.2, 0.25) is 0 Å². The number of esters is 1. The highest BCUT2D eigenvalue weighted by molar-refractivity contribution is 7.13. The first-order valence-corrected chi connectivity index (χ1v) is 14.5. The summed E-state index contributed by atoms with van der Waals surface area (Å²) in [6, 6.07) is 10.8. The zero-order chi connectivity index (χ0) is 29.7. The Morgan fingerprint density at radius 2 is 1.79 bits per heavy atom. The summed E-state index contributed by atoms with van der Waals surface area (Å²) in [7, 11) is 4.63. The van der Waals surface area contributed by atoms with Gasteiger partial charge in [-0.2, -0.15) is 0 Å². The zero-order valence-corrected chi connectivity index (χ0v) is 24.4. The molecule has 2 aliphatic heterocycles. The predicted molar refractivity (Wildman–Crippen MR) is 153 cm³/mol. The van der Waals surface area contributed by atoms with Crippen LogP contribution in [0.1, 0.15) is 28.7 Å². The number of hydrogen-bond acceptors (Lipinski definition) is 11. The number of rotatable bonds is 8. The molecular formula is C30H28N4O8S. The molecule has 0 bridgehead atoms. The lowest BCUT2D eigenvalue weighted by atomic mass is 9.65. The average molecular weight is 605 g/mol. The number of carbonyl (C=O) groups excluding carboxylic acids is 2. The number of fused-ring (bicyclic) bond motifs is 3. The van der Waals surface area contributed by atoms with E-state index in [2.05, 4.69) is 15.6 Å². The number of hydrogen-bond donors (Lipinski definition) is 1. The standard InChI is InChI=1S/C30H28N4O8S/c1-37-22-7-15(8-23(38-2)29(22)39-3)26-16-9-20-21(42-14-41-20)10-17(16)28(18-13-40-30(36)27(18)26)31-25(35)12-34-11-19(32-33-34)24-5-4-6-43-24/h4-11,18,26-28H,12-14H2,1-3H3,(H,31,35)/t18-,26+,27-,28+/m0/s1. The Balaban J connectivity index is 1.28. The number of cyclic esters (lactones) is 1. The van der Waals surface area contributed by atoms with Crippen LogP contribution >= 0.6 is 11.3 Å². The Bertz CT molecular complexity index is 1680. The molecule has 0 unspecified atom stereocenters. The van der Waals surface area contributed by atoms with E-state index < -0.39 is 17.9 Å².